The molecule has 9 nitrogen and oxygen atoms in total. The van der Waals surface area contributed by atoms with Gasteiger partial charge in [-0.15, -0.1) is 11.3 Å². The zero-order valence-corrected chi connectivity index (χ0v) is 21.1. The molecule has 0 aliphatic carbocycles. The lowest BCUT2D eigenvalue weighted by Crippen LogP contribution is -2.46. The van der Waals surface area contributed by atoms with Crippen molar-refractivity contribution >= 4 is 39.0 Å². The summed E-state index contributed by atoms with van der Waals surface area (Å²) >= 11 is 1.45. The van der Waals surface area contributed by atoms with Crippen LogP contribution in [0.5, 0.6) is 5.75 Å². The average molecular weight is 497 g/mol. The maximum Gasteiger partial charge on any atom is 0.261 e. The number of benzene rings is 1. The summed E-state index contributed by atoms with van der Waals surface area (Å²) in [6, 6.07) is 8.20. The highest BCUT2D eigenvalue weighted by Crippen LogP contribution is 2.35. The van der Waals surface area contributed by atoms with Crippen molar-refractivity contribution in [1.29, 1.82) is 0 Å². The third-order valence-electron chi connectivity index (χ3n) is 6.75. The molecule has 2 aliphatic rings. The summed E-state index contributed by atoms with van der Waals surface area (Å²) in [6.07, 6.45) is 1.61. The van der Waals surface area contributed by atoms with E-state index in [1.165, 1.54) is 17.0 Å². The predicted molar refractivity (Wildman–Crippen MR) is 139 cm³/mol. The molecule has 1 aromatic carbocycles. The second-order valence-electron chi connectivity index (χ2n) is 8.82. The predicted octanol–water partition coefficient (Wildman–Crippen LogP) is 2.40. The van der Waals surface area contributed by atoms with Crippen molar-refractivity contribution in [3.05, 3.63) is 41.0 Å². The molecule has 10 heteroatoms. The van der Waals surface area contributed by atoms with Gasteiger partial charge in [-0.05, 0) is 36.8 Å². The number of nitrogens with one attached hydrogen (secondary N) is 1. The minimum Gasteiger partial charge on any atom is -0.497 e. The van der Waals surface area contributed by atoms with Gasteiger partial charge in [-0.3, -0.25) is 9.69 Å². The number of hydrogen-bond acceptors (Lipinski definition) is 9. The van der Waals surface area contributed by atoms with Gasteiger partial charge in [0, 0.05) is 58.0 Å². The molecule has 2 aromatic heterocycles. The standard InChI is InChI=1S/C25H32N6O3S/c1-18-21-23(31-11-9-30(10-12-31)19-3-5-20(33-2)6-4-19)27-17-28-25(21)35-22(18)24(32)26-7-8-29-13-15-34-16-14-29/h3-6,17H,7-16H2,1-2H3,(H,26,32). The first kappa shape index (κ1) is 23.8. The van der Waals surface area contributed by atoms with E-state index >= 15 is 0 Å². The monoisotopic (exact) mass is 496 g/mol. The number of morpholine rings is 1. The zero-order valence-electron chi connectivity index (χ0n) is 20.3. The number of fused-ring (bicyclic) bond motifs is 1. The summed E-state index contributed by atoms with van der Waals surface area (Å²) in [5.41, 5.74) is 2.16. The van der Waals surface area contributed by atoms with Crippen LogP contribution in [0.15, 0.2) is 30.6 Å². The van der Waals surface area contributed by atoms with Crippen LogP contribution in [0.25, 0.3) is 10.2 Å². The van der Waals surface area contributed by atoms with E-state index in [0.717, 1.165) is 91.3 Å². The summed E-state index contributed by atoms with van der Waals surface area (Å²) in [6.45, 7) is 10.3. The van der Waals surface area contributed by atoms with Gasteiger partial charge in [0.2, 0.25) is 0 Å². The molecule has 0 spiro atoms. The van der Waals surface area contributed by atoms with Gasteiger partial charge in [-0.1, -0.05) is 0 Å². The number of hydrogen-bond donors (Lipinski definition) is 1. The molecule has 1 amide bonds. The third-order valence-corrected chi connectivity index (χ3v) is 7.95. The molecular weight excluding hydrogens is 464 g/mol. The van der Waals surface area contributed by atoms with Gasteiger partial charge in [0.05, 0.1) is 30.6 Å². The second kappa shape index (κ2) is 10.8. The Kier molecular flexibility index (Phi) is 7.31. The van der Waals surface area contributed by atoms with Gasteiger partial charge < -0.3 is 24.6 Å². The minimum atomic E-state index is -0.0333. The molecule has 0 atom stereocenters. The average Bonchev–Trinajstić information content (AvgIpc) is 3.26. The van der Waals surface area contributed by atoms with Gasteiger partial charge >= 0.3 is 0 Å². The molecule has 1 N–H and O–H groups in total. The fraction of sp³-hybridized carbons (Fsp3) is 0.480. The first-order valence-electron chi connectivity index (χ1n) is 12.1. The molecule has 3 aromatic rings. The number of carbonyl (C=O) groups excluding carboxylic acids is 1. The SMILES string of the molecule is COc1ccc(N2CCN(c3ncnc4sc(C(=O)NCCN5CCOCC5)c(C)c34)CC2)cc1. The summed E-state index contributed by atoms with van der Waals surface area (Å²) in [5, 5.41) is 4.08. The number of carbonyl (C=O) groups is 1. The van der Waals surface area contributed by atoms with E-state index in [1.807, 2.05) is 19.1 Å². The molecule has 2 aliphatic heterocycles. The Morgan fingerprint density at radius 3 is 2.49 bits per heavy atom. The van der Waals surface area contributed by atoms with E-state index in [1.54, 1.807) is 13.4 Å². The van der Waals surface area contributed by atoms with E-state index in [9.17, 15) is 4.79 Å². The van der Waals surface area contributed by atoms with Crippen molar-refractivity contribution in [3.63, 3.8) is 0 Å². The smallest absolute Gasteiger partial charge is 0.261 e. The Labute approximate surface area is 209 Å². The van der Waals surface area contributed by atoms with Gasteiger partial charge in [-0.2, -0.15) is 0 Å². The summed E-state index contributed by atoms with van der Waals surface area (Å²) < 4.78 is 10.7. The quantitative estimate of drug-likeness (QED) is 0.534. The molecule has 0 bridgehead atoms. The van der Waals surface area contributed by atoms with Gasteiger partial charge in [0.15, 0.2) is 0 Å². The number of amides is 1. The molecule has 186 valence electrons. The molecule has 35 heavy (non-hydrogen) atoms. The number of thiophene rings is 1. The zero-order chi connectivity index (χ0) is 24.2. The van der Waals surface area contributed by atoms with Crippen LogP contribution in [0.4, 0.5) is 11.5 Å². The van der Waals surface area contributed by atoms with Crippen molar-refractivity contribution in [3.8, 4) is 5.75 Å². The van der Waals surface area contributed by atoms with Gasteiger partial charge in [0.25, 0.3) is 5.91 Å². The maximum absolute atomic E-state index is 13.0. The van der Waals surface area contributed by atoms with Crippen LogP contribution in [-0.2, 0) is 4.74 Å². The first-order chi connectivity index (χ1) is 17.1. The molecule has 0 unspecified atom stereocenters. The molecule has 2 saturated heterocycles. The lowest BCUT2D eigenvalue weighted by atomic mass is 10.1. The van der Waals surface area contributed by atoms with Crippen molar-refractivity contribution in [2.45, 2.75) is 6.92 Å². The number of anilines is 2. The van der Waals surface area contributed by atoms with Crippen LogP contribution >= 0.6 is 11.3 Å². The Morgan fingerprint density at radius 2 is 1.77 bits per heavy atom. The number of methoxy groups -OCH3 is 1. The topological polar surface area (TPSA) is 83.1 Å². The lowest BCUT2D eigenvalue weighted by molar-refractivity contribution is 0.0383. The number of aromatic nitrogens is 2. The number of rotatable bonds is 7. The summed E-state index contributed by atoms with van der Waals surface area (Å²) in [4.78, 5) is 30.7. The number of nitrogens with zero attached hydrogens (tertiary/aromatic N) is 5. The number of piperazine rings is 1. The van der Waals surface area contributed by atoms with Crippen LogP contribution < -0.4 is 19.9 Å². The molecule has 5 rings (SSSR count). The lowest BCUT2D eigenvalue weighted by Gasteiger charge is -2.37. The van der Waals surface area contributed by atoms with Crippen LogP contribution in [0.1, 0.15) is 15.2 Å². The highest BCUT2D eigenvalue weighted by molar-refractivity contribution is 7.20. The number of aryl methyl sites for hydroxylation is 1. The van der Waals surface area contributed by atoms with Crippen molar-refractivity contribution in [2.75, 3.05) is 82.5 Å². The van der Waals surface area contributed by atoms with E-state index in [2.05, 4.69) is 42.1 Å². The summed E-state index contributed by atoms with van der Waals surface area (Å²) in [5.74, 6) is 1.75. The van der Waals surface area contributed by atoms with Crippen LogP contribution in [0, 0.1) is 6.92 Å². The first-order valence-corrected chi connectivity index (χ1v) is 12.9. The van der Waals surface area contributed by atoms with E-state index in [4.69, 9.17) is 9.47 Å². The van der Waals surface area contributed by atoms with Crippen LogP contribution in [0.2, 0.25) is 0 Å². The van der Waals surface area contributed by atoms with Gasteiger partial charge in [-0.25, -0.2) is 9.97 Å². The van der Waals surface area contributed by atoms with Crippen molar-refractivity contribution in [1.82, 2.24) is 20.2 Å². The highest BCUT2D eigenvalue weighted by atomic mass is 32.1. The van der Waals surface area contributed by atoms with Crippen molar-refractivity contribution in [2.24, 2.45) is 0 Å². The maximum atomic E-state index is 13.0. The Hall–Kier alpha value is -2.95. The van der Waals surface area contributed by atoms with E-state index < -0.39 is 0 Å². The fourth-order valence-electron chi connectivity index (χ4n) is 4.71. The summed E-state index contributed by atoms with van der Waals surface area (Å²) in [7, 11) is 1.68. The normalized spacial score (nSPS) is 17.1. The fourth-order valence-corrected chi connectivity index (χ4v) is 5.77. The van der Waals surface area contributed by atoms with Crippen LogP contribution in [-0.4, -0.2) is 93.5 Å². The largest absolute Gasteiger partial charge is 0.497 e. The van der Waals surface area contributed by atoms with Crippen molar-refractivity contribution < 1.29 is 14.3 Å². The Morgan fingerprint density at radius 1 is 1.06 bits per heavy atom. The molecule has 2 fully saturated rings. The minimum absolute atomic E-state index is 0.0333. The van der Waals surface area contributed by atoms with Gasteiger partial charge in [0.1, 0.15) is 22.7 Å². The van der Waals surface area contributed by atoms with Crippen LogP contribution in [0.3, 0.4) is 0 Å². The van der Waals surface area contributed by atoms with E-state index in [-0.39, 0.29) is 5.91 Å². The Balaban J connectivity index is 1.25. The molecule has 0 radical (unpaired) electrons. The molecule has 4 heterocycles. The number of ether oxygens (including phenoxy) is 2. The third kappa shape index (κ3) is 5.19. The molecular formula is C25H32N6O3S. The second-order valence-corrected chi connectivity index (χ2v) is 9.81. The van der Waals surface area contributed by atoms with E-state index in [0.29, 0.717) is 6.54 Å². The highest BCUT2D eigenvalue weighted by Gasteiger charge is 2.25. The molecule has 0 saturated carbocycles. The Bertz CT molecular complexity index is 1150.